The summed E-state index contributed by atoms with van der Waals surface area (Å²) in [5, 5.41) is 6.00. The summed E-state index contributed by atoms with van der Waals surface area (Å²) in [4.78, 5) is 20.6. The molecule has 0 saturated heterocycles. The van der Waals surface area contributed by atoms with Crippen molar-refractivity contribution >= 4 is 23.1 Å². The van der Waals surface area contributed by atoms with Crippen LogP contribution in [0.25, 0.3) is 0 Å². The minimum atomic E-state index is -0.305. The number of ether oxygens (including phenoxy) is 1. The van der Waals surface area contributed by atoms with Crippen molar-refractivity contribution in [3.8, 4) is 5.75 Å². The zero-order valence-corrected chi connectivity index (χ0v) is 14.9. The standard InChI is InChI=1S/C20H20N4O2/c1-13-4-5-16(10-14(13)2)23-19-11-18(21-12-22-19)20(25)24-15-6-8-17(26-3)9-7-15/h4-12H,1-3H3,(H,24,25)(H,21,22,23). The molecule has 3 rings (SSSR count). The number of nitrogens with zero attached hydrogens (tertiary/aromatic N) is 2. The number of carbonyl (C=O) groups is 1. The first-order valence-electron chi connectivity index (χ1n) is 8.17. The van der Waals surface area contributed by atoms with E-state index in [0.717, 1.165) is 11.4 Å². The predicted octanol–water partition coefficient (Wildman–Crippen LogP) is 4.10. The Morgan fingerprint density at radius 3 is 2.35 bits per heavy atom. The molecular formula is C20H20N4O2. The molecule has 0 atom stereocenters. The summed E-state index contributed by atoms with van der Waals surface area (Å²) in [5.74, 6) is 0.980. The normalized spacial score (nSPS) is 10.3. The summed E-state index contributed by atoms with van der Waals surface area (Å²) >= 11 is 0. The molecule has 0 fully saturated rings. The molecule has 2 aromatic carbocycles. The summed E-state index contributed by atoms with van der Waals surface area (Å²) in [6.07, 6.45) is 1.37. The van der Waals surface area contributed by atoms with Gasteiger partial charge in [-0.3, -0.25) is 4.79 Å². The van der Waals surface area contributed by atoms with Gasteiger partial charge in [-0.2, -0.15) is 0 Å². The molecule has 0 aliphatic rings. The number of carbonyl (C=O) groups excluding carboxylic acids is 1. The number of nitrogens with one attached hydrogen (secondary N) is 2. The van der Waals surface area contributed by atoms with Crippen molar-refractivity contribution in [2.24, 2.45) is 0 Å². The van der Waals surface area contributed by atoms with Gasteiger partial charge in [0.2, 0.25) is 0 Å². The van der Waals surface area contributed by atoms with E-state index in [-0.39, 0.29) is 11.6 Å². The fourth-order valence-corrected chi connectivity index (χ4v) is 2.39. The van der Waals surface area contributed by atoms with Gasteiger partial charge >= 0.3 is 0 Å². The van der Waals surface area contributed by atoms with Gasteiger partial charge in [0.1, 0.15) is 23.6 Å². The third kappa shape index (κ3) is 4.16. The molecule has 3 aromatic rings. The van der Waals surface area contributed by atoms with Crippen LogP contribution in [0.2, 0.25) is 0 Å². The fraction of sp³-hybridized carbons (Fsp3) is 0.150. The van der Waals surface area contributed by atoms with Crippen molar-refractivity contribution in [2.45, 2.75) is 13.8 Å². The Labute approximate surface area is 152 Å². The summed E-state index contributed by atoms with van der Waals surface area (Å²) in [7, 11) is 1.60. The lowest BCUT2D eigenvalue weighted by molar-refractivity contribution is 0.102. The van der Waals surface area contributed by atoms with Gasteiger partial charge in [-0.05, 0) is 61.4 Å². The second-order valence-electron chi connectivity index (χ2n) is 5.90. The molecule has 1 amide bonds. The first-order valence-corrected chi connectivity index (χ1v) is 8.17. The van der Waals surface area contributed by atoms with E-state index in [1.807, 2.05) is 25.1 Å². The van der Waals surface area contributed by atoms with Gasteiger partial charge < -0.3 is 15.4 Å². The number of benzene rings is 2. The molecule has 6 nitrogen and oxygen atoms in total. The third-order valence-corrected chi connectivity index (χ3v) is 4.03. The van der Waals surface area contributed by atoms with Crippen molar-refractivity contribution in [3.63, 3.8) is 0 Å². The molecule has 132 valence electrons. The van der Waals surface area contributed by atoms with E-state index in [0.29, 0.717) is 11.5 Å². The number of hydrogen-bond donors (Lipinski definition) is 2. The van der Waals surface area contributed by atoms with Crippen LogP contribution in [0, 0.1) is 13.8 Å². The molecule has 0 spiro atoms. The summed E-state index contributed by atoms with van der Waals surface area (Å²) in [6, 6.07) is 14.8. The van der Waals surface area contributed by atoms with Crippen molar-refractivity contribution in [1.29, 1.82) is 0 Å². The van der Waals surface area contributed by atoms with E-state index < -0.39 is 0 Å². The quantitative estimate of drug-likeness (QED) is 0.726. The zero-order chi connectivity index (χ0) is 18.5. The SMILES string of the molecule is COc1ccc(NC(=O)c2cc(Nc3ccc(C)c(C)c3)ncn2)cc1. The van der Waals surface area contributed by atoms with Gasteiger partial charge in [0.05, 0.1) is 7.11 Å². The number of aryl methyl sites for hydroxylation is 2. The maximum absolute atomic E-state index is 12.4. The Morgan fingerprint density at radius 1 is 0.923 bits per heavy atom. The van der Waals surface area contributed by atoms with Crippen LogP contribution >= 0.6 is 0 Å². The molecule has 0 saturated carbocycles. The Hall–Kier alpha value is -3.41. The largest absolute Gasteiger partial charge is 0.497 e. The average Bonchev–Trinajstić information content (AvgIpc) is 2.65. The van der Waals surface area contributed by atoms with Gasteiger partial charge in [-0.25, -0.2) is 9.97 Å². The maximum Gasteiger partial charge on any atom is 0.274 e. The molecule has 2 N–H and O–H groups in total. The molecule has 0 radical (unpaired) electrons. The third-order valence-electron chi connectivity index (χ3n) is 4.03. The number of methoxy groups -OCH3 is 1. The van der Waals surface area contributed by atoms with Crippen molar-refractivity contribution in [3.05, 3.63) is 71.7 Å². The van der Waals surface area contributed by atoms with Gasteiger partial charge in [-0.15, -0.1) is 0 Å². The highest BCUT2D eigenvalue weighted by molar-refractivity contribution is 6.03. The minimum Gasteiger partial charge on any atom is -0.497 e. The second kappa shape index (κ2) is 7.65. The van der Waals surface area contributed by atoms with Crippen LogP contribution in [0.5, 0.6) is 5.75 Å². The van der Waals surface area contributed by atoms with Crippen LogP contribution in [0.4, 0.5) is 17.2 Å². The summed E-state index contributed by atoms with van der Waals surface area (Å²) in [5.41, 5.74) is 4.26. The van der Waals surface area contributed by atoms with Gasteiger partial charge in [-0.1, -0.05) is 6.07 Å². The van der Waals surface area contributed by atoms with Crippen LogP contribution in [-0.4, -0.2) is 23.0 Å². The highest BCUT2D eigenvalue weighted by Gasteiger charge is 2.10. The molecular weight excluding hydrogens is 328 g/mol. The van der Waals surface area contributed by atoms with Gasteiger partial charge in [0.25, 0.3) is 5.91 Å². The smallest absolute Gasteiger partial charge is 0.274 e. The summed E-state index contributed by atoms with van der Waals surface area (Å²) in [6.45, 7) is 4.11. The molecule has 0 unspecified atom stereocenters. The second-order valence-corrected chi connectivity index (χ2v) is 5.90. The van der Waals surface area contributed by atoms with E-state index >= 15 is 0 Å². The number of hydrogen-bond acceptors (Lipinski definition) is 5. The Bertz CT molecular complexity index is 923. The first kappa shape index (κ1) is 17.4. The number of aromatic nitrogens is 2. The summed E-state index contributed by atoms with van der Waals surface area (Å²) < 4.78 is 5.11. The van der Waals surface area contributed by atoms with Crippen molar-refractivity contribution in [1.82, 2.24) is 9.97 Å². The van der Waals surface area contributed by atoms with Gasteiger partial charge in [0.15, 0.2) is 0 Å². The Kier molecular flexibility index (Phi) is 5.12. The van der Waals surface area contributed by atoms with Crippen LogP contribution in [-0.2, 0) is 0 Å². The topological polar surface area (TPSA) is 76.1 Å². The molecule has 0 aliphatic heterocycles. The van der Waals surface area contributed by atoms with Gasteiger partial charge in [0, 0.05) is 17.4 Å². The molecule has 26 heavy (non-hydrogen) atoms. The molecule has 1 aromatic heterocycles. The van der Waals surface area contributed by atoms with Crippen LogP contribution < -0.4 is 15.4 Å². The molecule has 0 bridgehead atoms. The highest BCUT2D eigenvalue weighted by atomic mass is 16.5. The van der Waals surface area contributed by atoms with Crippen LogP contribution in [0.1, 0.15) is 21.6 Å². The van der Waals surface area contributed by atoms with Crippen LogP contribution in [0.15, 0.2) is 54.9 Å². The Balaban J connectivity index is 1.73. The average molecular weight is 348 g/mol. The monoisotopic (exact) mass is 348 g/mol. The maximum atomic E-state index is 12.4. The van der Waals surface area contributed by atoms with Crippen molar-refractivity contribution < 1.29 is 9.53 Å². The predicted molar refractivity (Wildman–Crippen MR) is 102 cm³/mol. The first-order chi connectivity index (χ1) is 12.5. The van der Waals surface area contributed by atoms with E-state index in [1.54, 1.807) is 37.4 Å². The van der Waals surface area contributed by atoms with Crippen molar-refractivity contribution in [2.75, 3.05) is 17.7 Å². The lowest BCUT2D eigenvalue weighted by atomic mass is 10.1. The fourth-order valence-electron chi connectivity index (χ4n) is 2.39. The number of anilines is 3. The lowest BCUT2D eigenvalue weighted by Crippen LogP contribution is -2.14. The van der Waals surface area contributed by atoms with E-state index in [2.05, 4.69) is 27.5 Å². The molecule has 1 heterocycles. The Morgan fingerprint density at radius 2 is 1.65 bits per heavy atom. The van der Waals surface area contributed by atoms with E-state index in [9.17, 15) is 4.79 Å². The zero-order valence-electron chi connectivity index (χ0n) is 14.9. The minimum absolute atomic E-state index is 0.280. The van der Waals surface area contributed by atoms with E-state index in [4.69, 9.17) is 4.74 Å². The highest BCUT2D eigenvalue weighted by Crippen LogP contribution is 2.19. The number of rotatable bonds is 5. The number of amides is 1. The van der Waals surface area contributed by atoms with Crippen LogP contribution in [0.3, 0.4) is 0 Å². The lowest BCUT2D eigenvalue weighted by Gasteiger charge is -2.09. The molecule has 6 heteroatoms. The van der Waals surface area contributed by atoms with E-state index in [1.165, 1.54) is 17.5 Å². The molecule has 0 aliphatic carbocycles.